The topological polar surface area (TPSA) is 29.0 Å². The van der Waals surface area contributed by atoms with Crippen LogP contribution in [0, 0.1) is 6.92 Å². The summed E-state index contributed by atoms with van der Waals surface area (Å²) < 4.78 is 0.502. The molecule has 0 radical (unpaired) electrons. The Kier molecular flexibility index (Phi) is 4.20. The van der Waals surface area contributed by atoms with E-state index in [1.165, 1.54) is 50.1 Å². The first-order valence-electron chi connectivity index (χ1n) is 7.94. The van der Waals surface area contributed by atoms with Gasteiger partial charge in [-0.1, -0.05) is 26.2 Å². The molecule has 1 saturated heterocycles. The van der Waals surface area contributed by atoms with Gasteiger partial charge < -0.3 is 4.90 Å². The van der Waals surface area contributed by atoms with E-state index in [1.54, 1.807) is 0 Å². The number of hydrogen-bond acceptors (Lipinski definition) is 4. The van der Waals surface area contributed by atoms with Gasteiger partial charge in [-0.25, -0.2) is 9.97 Å². The zero-order valence-electron chi connectivity index (χ0n) is 12.7. The molecule has 1 aliphatic carbocycles. The van der Waals surface area contributed by atoms with Gasteiger partial charge in [0.05, 0.1) is 0 Å². The van der Waals surface area contributed by atoms with E-state index < -0.39 is 0 Å². The summed E-state index contributed by atoms with van der Waals surface area (Å²) in [7, 11) is 0. The molecule has 3 nitrogen and oxygen atoms in total. The van der Waals surface area contributed by atoms with Crippen LogP contribution in [0.5, 0.6) is 0 Å². The Morgan fingerprint density at radius 2 is 2.05 bits per heavy atom. The molecule has 20 heavy (non-hydrogen) atoms. The van der Waals surface area contributed by atoms with E-state index in [0.29, 0.717) is 4.75 Å². The van der Waals surface area contributed by atoms with Crippen LogP contribution >= 0.6 is 11.8 Å². The van der Waals surface area contributed by atoms with Crippen molar-refractivity contribution in [1.29, 1.82) is 0 Å². The van der Waals surface area contributed by atoms with Crippen molar-refractivity contribution in [1.82, 2.24) is 9.97 Å². The molecule has 1 spiro atoms. The third-order valence-electron chi connectivity index (χ3n) is 4.58. The van der Waals surface area contributed by atoms with Crippen LogP contribution in [0.1, 0.15) is 50.5 Å². The Morgan fingerprint density at radius 3 is 2.80 bits per heavy atom. The zero-order chi connectivity index (χ0) is 14.0. The van der Waals surface area contributed by atoms with E-state index >= 15 is 0 Å². The van der Waals surface area contributed by atoms with Crippen molar-refractivity contribution in [3.63, 3.8) is 0 Å². The lowest BCUT2D eigenvalue weighted by molar-refractivity contribution is 0.390. The lowest BCUT2D eigenvalue weighted by atomic mass is 9.87. The first-order chi connectivity index (χ1) is 9.71. The molecular formula is C16H25N3S. The van der Waals surface area contributed by atoms with Crippen molar-refractivity contribution in [3.05, 3.63) is 17.6 Å². The fourth-order valence-corrected chi connectivity index (χ4v) is 5.06. The SMILES string of the molecule is CCc1cc(N2CCSC3(CCCCC3)C2)nc(C)n1. The molecule has 1 aliphatic heterocycles. The average molecular weight is 291 g/mol. The molecule has 3 rings (SSSR count). The number of rotatable bonds is 2. The Hall–Kier alpha value is -0.770. The zero-order valence-corrected chi connectivity index (χ0v) is 13.5. The first-order valence-corrected chi connectivity index (χ1v) is 8.93. The highest BCUT2D eigenvalue weighted by Crippen LogP contribution is 2.43. The van der Waals surface area contributed by atoms with Crippen molar-refractivity contribution in [2.75, 3.05) is 23.7 Å². The molecule has 0 bridgehead atoms. The molecule has 0 N–H and O–H groups in total. The first kappa shape index (κ1) is 14.2. The van der Waals surface area contributed by atoms with Crippen molar-refractivity contribution >= 4 is 17.6 Å². The number of aryl methyl sites for hydroxylation is 2. The van der Waals surface area contributed by atoms with Crippen LogP contribution in [-0.2, 0) is 6.42 Å². The van der Waals surface area contributed by atoms with E-state index in [4.69, 9.17) is 0 Å². The molecule has 1 saturated carbocycles. The molecule has 110 valence electrons. The van der Waals surface area contributed by atoms with Gasteiger partial charge in [0.25, 0.3) is 0 Å². The highest BCUT2D eigenvalue weighted by molar-refractivity contribution is 8.00. The van der Waals surface area contributed by atoms with E-state index in [0.717, 1.165) is 24.6 Å². The number of nitrogens with zero attached hydrogens (tertiary/aromatic N) is 3. The summed E-state index contributed by atoms with van der Waals surface area (Å²) in [6.07, 6.45) is 8.00. The van der Waals surface area contributed by atoms with Gasteiger partial charge in [0.15, 0.2) is 0 Å². The van der Waals surface area contributed by atoms with Gasteiger partial charge in [-0.2, -0.15) is 11.8 Å². The lowest BCUT2D eigenvalue weighted by Gasteiger charge is -2.45. The molecule has 2 fully saturated rings. The normalized spacial score (nSPS) is 22.2. The van der Waals surface area contributed by atoms with E-state index in [1.807, 2.05) is 6.92 Å². The van der Waals surface area contributed by atoms with Crippen LogP contribution in [0.15, 0.2) is 6.07 Å². The Balaban J connectivity index is 1.81. The highest BCUT2D eigenvalue weighted by Gasteiger charge is 2.37. The van der Waals surface area contributed by atoms with Gasteiger partial charge in [-0.15, -0.1) is 0 Å². The van der Waals surface area contributed by atoms with Gasteiger partial charge in [0.1, 0.15) is 11.6 Å². The number of thioether (sulfide) groups is 1. The molecule has 0 unspecified atom stereocenters. The Bertz CT molecular complexity index is 463. The maximum Gasteiger partial charge on any atom is 0.132 e. The molecule has 0 aromatic carbocycles. The predicted molar refractivity (Wildman–Crippen MR) is 86.6 cm³/mol. The molecule has 0 amide bonds. The van der Waals surface area contributed by atoms with Crippen LogP contribution in [-0.4, -0.2) is 33.6 Å². The second-order valence-corrected chi connectivity index (χ2v) is 7.69. The van der Waals surface area contributed by atoms with Gasteiger partial charge in [-0.3, -0.25) is 0 Å². The predicted octanol–water partition coefficient (Wildman–Crippen LogP) is 3.60. The van der Waals surface area contributed by atoms with Crippen LogP contribution in [0.4, 0.5) is 5.82 Å². The minimum Gasteiger partial charge on any atom is -0.354 e. The largest absolute Gasteiger partial charge is 0.354 e. The average Bonchev–Trinajstić information content (AvgIpc) is 2.47. The Labute approximate surface area is 126 Å². The third-order valence-corrected chi connectivity index (χ3v) is 6.11. The van der Waals surface area contributed by atoms with Crippen LogP contribution in [0.3, 0.4) is 0 Å². The number of anilines is 1. The smallest absolute Gasteiger partial charge is 0.132 e. The van der Waals surface area contributed by atoms with E-state index in [-0.39, 0.29) is 0 Å². The fourth-order valence-electron chi connectivity index (χ4n) is 3.49. The maximum atomic E-state index is 4.69. The second kappa shape index (κ2) is 5.92. The van der Waals surface area contributed by atoms with Gasteiger partial charge in [-0.05, 0) is 26.2 Å². The second-order valence-electron chi connectivity index (χ2n) is 6.13. The van der Waals surface area contributed by atoms with Crippen molar-refractivity contribution < 1.29 is 0 Å². The van der Waals surface area contributed by atoms with Crippen LogP contribution in [0.25, 0.3) is 0 Å². The molecule has 1 aromatic rings. The fraction of sp³-hybridized carbons (Fsp3) is 0.750. The summed E-state index contributed by atoms with van der Waals surface area (Å²) in [5.74, 6) is 3.31. The minimum atomic E-state index is 0.502. The standard InChI is InChI=1S/C16H25N3S/c1-3-14-11-15(18-13(2)17-14)19-9-10-20-16(12-19)7-5-4-6-8-16/h11H,3-10,12H2,1-2H3. The third kappa shape index (κ3) is 2.95. The summed E-state index contributed by atoms with van der Waals surface area (Å²) in [4.78, 5) is 11.7. The monoisotopic (exact) mass is 291 g/mol. The van der Waals surface area contributed by atoms with Gasteiger partial charge >= 0.3 is 0 Å². The van der Waals surface area contributed by atoms with E-state index in [9.17, 15) is 0 Å². The Morgan fingerprint density at radius 1 is 1.25 bits per heavy atom. The minimum absolute atomic E-state index is 0.502. The van der Waals surface area contributed by atoms with Crippen molar-refractivity contribution in [2.45, 2.75) is 57.1 Å². The summed E-state index contributed by atoms with van der Waals surface area (Å²) >= 11 is 2.21. The van der Waals surface area contributed by atoms with Gasteiger partial charge in [0, 0.05) is 35.3 Å². The highest BCUT2D eigenvalue weighted by atomic mass is 32.2. The van der Waals surface area contributed by atoms with Crippen LogP contribution < -0.4 is 4.90 Å². The summed E-state index contributed by atoms with van der Waals surface area (Å²) in [6.45, 7) is 6.49. The number of hydrogen-bond donors (Lipinski definition) is 0. The summed E-state index contributed by atoms with van der Waals surface area (Å²) in [6, 6.07) is 2.19. The molecule has 1 aromatic heterocycles. The van der Waals surface area contributed by atoms with Crippen molar-refractivity contribution in [2.24, 2.45) is 0 Å². The summed E-state index contributed by atoms with van der Waals surface area (Å²) in [5, 5.41) is 0. The molecule has 2 heterocycles. The number of aromatic nitrogens is 2. The van der Waals surface area contributed by atoms with Gasteiger partial charge in [0.2, 0.25) is 0 Å². The molecule has 4 heteroatoms. The molecule has 0 atom stereocenters. The molecule has 2 aliphatic rings. The van der Waals surface area contributed by atoms with E-state index in [2.05, 4.69) is 39.6 Å². The quantitative estimate of drug-likeness (QED) is 0.832. The summed E-state index contributed by atoms with van der Waals surface area (Å²) in [5.41, 5.74) is 1.17. The molecular weight excluding hydrogens is 266 g/mol. The van der Waals surface area contributed by atoms with Crippen molar-refractivity contribution in [3.8, 4) is 0 Å². The maximum absolute atomic E-state index is 4.69. The van der Waals surface area contributed by atoms with Crippen LogP contribution in [0.2, 0.25) is 0 Å². The lowest BCUT2D eigenvalue weighted by Crippen LogP contribution is -2.48.